The van der Waals surface area contributed by atoms with Crippen LogP contribution in [0.3, 0.4) is 0 Å². The van der Waals surface area contributed by atoms with Crippen molar-refractivity contribution in [2.75, 3.05) is 13.3 Å². The fourth-order valence-electron chi connectivity index (χ4n) is 5.52. The average Bonchev–Trinajstić information content (AvgIpc) is 3.46. The van der Waals surface area contributed by atoms with Crippen LogP contribution in [-0.4, -0.2) is 47.0 Å². The smallest absolute Gasteiger partial charge is 0.254 e. The number of hydrogen-bond donors (Lipinski definition) is 0. The Bertz CT molecular complexity index is 993. The molecule has 1 saturated heterocycles. The molecule has 6 heteroatoms. The fraction of sp³-hybridized carbons (Fsp3) is 0.462. The summed E-state index contributed by atoms with van der Waals surface area (Å²) in [7, 11) is 0. The van der Waals surface area contributed by atoms with Gasteiger partial charge in [0.05, 0.1) is 0 Å². The Morgan fingerprint density at radius 2 is 1.81 bits per heavy atom. The van der Waals surface area contributed by atoms with Gasteiger partial charge in [-0.3, -0.25) is 9.59 Å². The Balaban J connectivity index is 1.39. The van der Waals surface area contributed by atoms with Crippen molar-refractivity contribution in [3.05, 3.63) is 59.7 Å². The first-order valence-corrected chi connectivity index (χ1v) is 11.7. The van der Waals surface area contributed by atoms with E-state index in [2.05, 4.69) is 0 Å². The van der Waals surface area contributed by atoms with Crippen LogP contribution in [0.15, 0.2) is 48.5 Å². The number of benzene rings is 2. The van der Waals surface area contributed by atoms with Crippen LogP contribution in [0.4, 0.5) is 0 Å². The first-order valence-electron chi connectivity index (χ1n) is 11.7. The van der Waals surface area contributed by atoms with Gasteiger partial charge in [0.1, 0.15) is 6.04 Å². The first-order chi connectivity index (χ1) is 15.7. The second kappa shape index (κ2) is 8.85. The van der Waals surface area contributed by atoms with Crippen molar-refractivity contribution in [2.45, 2.75) is 57.7 Å². The zero-order valence-corrected chi connectivity index (χ0v) is 18.5. The third-order valence-corrected chi connectivity index (χ3v) is 7.13. The zero-order valence-electron chi connectivity index (χ0n) is 18.5. The molecule has 2 aromatic rings. The van der Waals surface area contributed by atoms with Gasteiger partial charge < -0.3 is 19.3 Å². The summed E-state index contributed by atoms with van der Waals surface area (Å²) in [6.07, 6.45) is 5.15. The lowest BCUT2D eigenvalue weighted by molar-refractivity contribution is -0.136. The summed E-state index contributed by atoms with van der Waals surface area (Å²) in [6.45, 7) is 3.31. The highest BCUT2D eigenvalue weighted by molar-refractivity contribution is 5.98. The molecule has 3 aliphatic rings. The van der Waals surface area contributed by atoms with E-state index in [0.29, 0.717) is 24.6 Å². The number of likely N-dealkylation sites (tertiary alicyclic amines) is 1. The van der Waals surface area contributed by atoms with E-state index in [1.54, 1.807) is 0 Å². The third-order valence-electron chi connectivity index (χ3n) is 7.13. The van der Waals surface area contributed by atoms with E-state index in [0.717, 1.165) is 42.7 Å². The molecular formula is C26H30N2O4. The highest BCUT2D eigenvalue weighted by atomic mass is 16.7. The summed E-state index contributed by atoms with van der Waals surface area (Å²) in [5, 5.41) is 0. The summed E-state index contributed by atoms with van der Waals surface area (Å²) in [6, 6.07) is 15.0. The van der Waals surface area contributed by atoms with E-state index in [9.17, 15) is 9.59 Å². The number of amides is 2. The number of hydrogen-bond acceptors (Lipinski definition) is 4. The standard InChI is InChI=1S/C26H30N2O4/c1-2-27(16-18-12-13-23-24(14-18)32-17-31-23)26(30)22-15-20-10-6-7-11-21(20)28(22)25(29)19-8-4-3-5-9-19/h3-5,8-9,12-14,20-22H,2,6-7,10-11,15-17H2,1H3. The van der Waals surface area contributed by atoms with Gasteiger partial charge in [-0.2, -0.15) is 0 Å². The molecular weight excluding hydrogens is 404 g/mol. The van der Waals surface area contributed by atoms with E-state index in [4.69, 9.17) is 9.47 Å². The minimum atomic E-state index is -0.398. The molecule has 2 amide bonds. The number of fused-ring (bicyclic) bond motifs is 2. The second-order valence-corrected chi connectivity index (χ2v) is 8.98. The minimum absolute atomic E-state index is 0.0162. The summed E-state index contributed by atoms with van der Waals surface area (Å²) < 4.78 is 10.9. The van der Waals surface area contributed by atoms with Crippen LogP contribution in [-0.2, 0) is 11.3 Å². The van der Waals surface area contributed by atoms with E-state index in [-0.39, 0.29) is 24.6 Å². The molecule has 3 unspecified atom stereocenters. The lowest BCUT2D eigenvalue weighted by atomic mass is 9.84. The van der Waals surface area contributed by atoms with Crippen molar-refractivity contribution in [2.24, 2.45) is 5.92 Å². The highest BCUT2D eigenvalue weighted by Crippen LogP contribution is 2.41. The van der Waals surface area contributed by atoms with Crippen molar-refractivity contribution in [1.82, 2.24) is 9.80 Å². The number of carbonyl (C=O) groups is 2. The Labute approximate surface area is 189 Å². The van der Waals surface area contributed by atoms with Crippen LogP contribution < -0.4 is 9.47 Å². The van der Waals surface area contributed by atoms with Crippen LogP contribution in [0.5, 0.6) is 11.5 Å². The molecule has 2 aromatic carbocycles. The van der Waals surface area contributed by atoms with Crippen molar-refractivity contribution in [1.29, 1.82) is 0 Å². The molecule has 5 rings (SSSR count). The molecule has 32 heavy (non-hydrogen) atoms. The molecule has 3 atom stereocenters. The van der Waals surface area contributed by atoms with Crippen LogP contribution in [0.25, 0.3) is 0 Å². The van der Waals surface area contributed by atoms with Crippen LogP contribution in [0, 0.1) is 5.92 Å². The van der Waals surface area contributed by atoms with Crippen LogP contribution >= 0.6 is 0 Å². The van der Waals surface area contributed by atoms with E-state index >= 15 is 0 Å². The van der Waals surface area contributed by atoms with Gasteiger partial charge in [0.25, 0.3) is 5.91 Å². The summed E-state index contributed by atoms with van der Waals surface area (Å²) in [4.78, 5) is 31.1. The SMILES string of the molecule is CCN(Cc1ccc2c(c1)OCO2)C(=O)C1CC2CCCCC2N1C(=O)c1ccccc1. The highest BCUT2D eigenvalue weighted by Gasteiger charge is 2.48. The Kier molecular flexibility index (Phi) is 5.77. The summed E-state index contributed by atoms with van der Waals surface area (Å²) in [5.74, 6) is 1.90. The Morgan fingerprint density at radius 1 is 1.03 bits per heavy atom. The van der Waals surface area contributed by atoms with Crippen LogP contribution in [0.1, 0.15) is 54.9 Å². The van der Waals surface area contributed by atoms with E-state index in [1.807, 2.05) is 65.3 Å². The maximum Gasteiger partial charge on any atom is 0.254 e. The van der Waals surface area contributed by atoms with Crippen molar-refractivity contribution in [3.63, 3.8) is 0 Å². The fourth-order valence-corrected chi connectivity index (χ4v) is 5.52. The second-order valence-electron chi connectivity index (χ2n) is 8.98. The van der Waals surface area contributed by atoms with Gasteiger partial charge in [-0.25, -0.2) is 0 Å². The Morgan fingerprint density at radius 3 is 2.62 bits per heavy atom. The maximum absolute atomic E-state index is 13.8. The van der Waals surface area contributed by atoms with Gasteiger partial charge >= 0.3 is 0 Å². The predicted molar refractivity (Wildman–Crippen MR) is 120 cm³/mol. The van der Waals surface area contributed by atoms with Gasteiger partial charge in [0.2, 0.25) is 12.7 Å². The molecule has 1 aliphatic carbocycles. The number of carbonyl (C=O) groups excluding carboxylic acids is 2. The van der Waals surface area contributed by atoms with Gasteiger partial charge in [-0.1, -0.05) is 37.1 Å². The molecule has 0 N–H and O–H groups in total. The zero-order chi connectivity index (χ0) is 22.1. The van der Waals surface area contributed by atoms with Crippen molar-refractivity contribution >= 4 is 11.8 Å². The molecule has 0 bridgehead atoms. The number of likely N-dealkylation sites (N-methyl/N-ethyl adjacent to an activating group) is 1. The molecule has 6 nitrogen and oxygen atoms in total. The molecule has 2 heterocycles. The van der Waals surface area contributed by atoms with Gasteiger partial charge in [0, 0.05) is 24.7 Å². The summed E-state index contributed by atoms with van der Waals surface area (Å²) >= 11 is 0. The Hall–Kier alpha value is -3.02. The lowest BCUT2D eigenvalue weighted by Crippen LogP contribution is -2.50. The monoisotopic (exact) mass is 434 g/mol. The van der Waals surface area contributed by atoms with Crippen molar-refractivity contribution in [3.8, 4) is 11.5 Å². The van der Waals surface area contributed by atoms with Gasteiger partial charge in [-0.05, 0) is 61.9 Å². The minimum Gasteiger partial charge on any atom is -0.454 e. The molecule has 0 radical (unpaired) electrons. The first kappa shape index (κ1) is 20.9. The predicted octanol–water partition coefficient (Wildman–Crippen LogP) is 4.24. The lowest BCUT2D eigenvalue weighted by Gasteiger charge is -2.35. The third kappa shape index (κ3) is 3.83. The topological polar surface area (TPSA) is 59.1 Å². The number of nitrogens with zero attached hydrogens (tertiary/aromatic N) is 2. The average molecular weight is 435 g/mol. The van der Waals surface area contributed by atoms with Crippen molar-refractivity contribution < 1.29 is 19.1 Å². The molecule has 2 fully saturated rings. The molecule has 2 aliphatic heterocycles. The molecule has 0 spiro atoms. The van der Waals surface area contributed by atoms with E-state index in [1.165, 1.54) is 6.42 Å². The maximum atomic E-state index is 13.8. The van der Waals surface area contributed by atoms with Gasteiger partial charge in [-0.15, -0.1) is 0 Å². The van der Waals surface area contributed by atoms with Gasteiger partial charge in [0.15, 0.2) is 11.5 Å². The van der Waals surface area contributed by atoms with Crippen LogP contribution in [0.2, 0.25) is 0 Å². The van der Waals surface area contributed by atoms with E-state index < -0.39 is 6.04 Å². The largest absolute Gasteiger partial charge is 0.454 e. The number of rotatable bonds is 5. The normalized spacial score (nSPS) is 23.7. The molecule has 1 saturated carbocycles. The molecule has 168 valence electrons. The number of ether oxygens (including phenoxy) is 2. The quantitative estimate of drug-likeness (QED) is 0.706. The molecule has 0 aromatic heterocycles. The summed E-state index contributed by atoms with van der Waals surface area (Å²) in [5.41, 5.74) is 1.66.